The molecule has 0 saturated carbocycles. The van der Waals surface area contributed by atoms with Crippen molar-refractivity contribution in [3.63, 3.8) is 0 Å². The third-order valence-electron chi connectivity index (χ3n) is 2.80. The van der Waals surface area contributed by atoms with E-state index in [2.05, 4.69) is 21.2 Å². The smallest absolute Gasteiger partial charge is 0.407 e. The van der Waals surface area contributed by atoms with Gasteiger partial charge in [-0.05, 0) is 17.7 Å². The number of ether oxygens (including phenoxy) is 3. The second-order valence-corrected chi connectivity index (χ2v) is 4.70. The molecule has 0 aromatic heterocycles. The van der Waals surface area contributed by atoms with Gasteiger partial charge in [-0.15, -0.1) is 12.4 Å². The third-order valence-corrected chi connectivity index (χ3v) is 3.49. The number of halogens is 2. The van der Waals surface area contributed by atoms with Crippen LogP contribution in [0.4, 0.5) is 4.79 Å². The Kier molecular flexibility index (Phi) is 3.87. The zero-order valence-corrected chi connectivity index (χ0v) is 11.7. The van der Waals surface area contributed by atoms with E-state index < -0.39 is 0 Å². The van der Waals surface area contributed by atoms with E-state index in [4.69, 9.17) is 14.2 Å². The van der Waals surface area contributed by atoms with Gasteiger partial charge in [-0.1, -0.05) is 15.9 Å². The lowest BCUT2D eigenvalue weighted by molar-refractivity contribution is 0.115. The molecule has 0 unspecified atom stereocenters. The molecule has 1 aromatic rings. The van der Waals surface area contributed by atoms with Crippen LogP contribution in [-0.2, 0) is 4.74 Å². The van der Waals surface area contributed by atoms with Crippen molar-refractivity contribution in [2.24, 2.45) is 0 Å². The van der Waals surface area contributed by atoms with E-state index >= 15 is 0 Å². The number of nitrogens with one attached hydrogen (secondary N) is 1. The molecule has 1 fully saturated rings. The van der Waals surface area contributed by atoms with Crippen molar-refractivity contribution in [1.29, 1.82) is 0 Å². The summed E-state index contributed by atoms with van der Waals surface area (Å²) in [6.45, 7) is 0.669. The van der Waals surface area contributed by atoms with Gasteiger partial charge >= 0.3 is 6.09 Å². The van der Waals surface area contributed by atoms with Gasteiger partial charge in [0.25, 0.3) is 0 Å². The molecular weight excluding hydrogens is 325 g/mol. The number of carbonyl (C=O) groups is 1. The molecule has 0 radical (unpaired) electrons. The van der Waals surface area contributed by atoms with Gasteiger partial charge in [0.1, 0.15) is 0 Å². The highest BCUT2D eigenvalue weighted by Gasteiger charge is 2.25. The second-order valence-electron chi connectivity index (χ2n) is 3.85. The number of cyclic esters (lactones) is 1. The number of hydrogen-bond donors (Lipinski definition) is 1. The van der Waals surface area contributed by atoms with Crippen LogP contribution in [0.25, 0.3) is 0 Å². The van der Waals surface area contributed by atoms with E-state index in [1.165, 1.54) is 0 Å². The molecule has 1 atom stereocenters. The van der Waals surface area contributed by atoms with Gasteiger partial charge in [0.05, 0.1) is 12.6 Å². The fraction of sp³-hybridized carbons (Fsp3) is 0.364. The first kappa shape index (κ1) is 13.3. The summed E-state index contributed by atoms with van der Waals surface area (Å²) in [6.07, 6.45) is 0.357. The minimum absolute atomic E-state index is 0. The number of amides is 1. The molecule has 7 heteroatoms. The number of alkyl carbamates (subject to hydrolysis) is 1. The van der Waals surface area contributed by atoms with E-state index in [0.717, 1.165) is 22.2 Å². The number of rotatable bonds is 1. The van der Waals surface area contributed by atoms with Crippen LogP contribution in [0.5, 0.6) is 11.5 Å². The van der Waals surface area contributed by atoms with Crippen molar-refractivity contribution in [1.82, 2.24) is 5.32 Å². The van der Waals surface area contributed by atoms with E-state index in [9.17, 15) is 4.79 Å². The van der Waals surface area contributed by atoms with Crippen molar-refractivity contribution in [2.75, 3.05) is 13.4 Å². The Hall–Kier alpha value is -1.14. The zero-order chi connectivity index (χ0) is 11.8. The van der Waals surface area contributed by atoms with Gasteiger partial charge in [-0.3, -0.25) is 0 Å². The maximum absolute atomic E-state index is 11.2. The molecule has 0 spiro atoms. The Labute approximate surface area is 118 Å². The first-order valence-electron chi connectivity index (χ1n) is 5.26. The van der Waals surface area contributed by atoms with E-state index in [1.807, 2.05) is 12.1 Å². The highest BCUT2D eigenvalue weighted by Crippen LogP contribution is 2.40. The minimum atomic E-state index is -0.384. The standard InChI is InChI=1S/C11H10BrNO4.ClH/c12-7-4-10-9(16-5-17-10)3-6(7)8-1-2-15-11(14)13-8;/h3-4,8H,1-2,5H2,(H,13,14);1H/t8-;/m1./s1. The van der Waals surface area contributed by atoms with Crippen molar-refractivity contribution in [2.45, 2.75) is 12.5 Å². The molecule has 2 heterocycles. The topological polar surface area (TPSA) is 56.8 Å². The van der Waals surface area contributed by atoms with Crippen LogP contribution in [0, 0.1) is 0 Å². The van der Waals surface area contributed by atoms with Crippen LogP contribution >= 0.6 is 28.3 Å². The van der Waals surface area contributed by atoms with Crippen molar-refractivity contribution < 1.29 is 19.0 Å². The normalized spacial score (nSPS) is 20.7. The first-order chi connectivity index (χ1) is 8.24. The molecule has 0 aliphatic carbocycles. The van der Waals surface area contributed by atoms with Gasteiger partial charge in [0, 0.05) is 10.9 Å². The molecule has 2 aliphatic rings. The molecule has 18 heavy (non-hydrogen) atoms. The second kappa shape index (κ2) is 5.24. The number of hydrogen-bond acceptors (Lipinski definition) is 4. The molecule has 3 rings (SSSR count). The highest BCUT2D eigenvalue weighted by molar-refractivity contribution is 9.10. The molecule has 0 bridgehead atoms. The zero-order valence-electron chi connectivity index (χ0n) is 9.27. The summed E-state index contributed by atoms with van der Waals surface area (Å²) in [7, 11) is 0. The van der Waals surface area contributed by atoms with Gasteiger partial charge in [0.2, 0.25) is 6.79 Å². The Bertz CT molecular complexity index is 482. The molecule has 2 aliphatic heterocycles. The van der Waals surface area contributed by atoms with E-state index in [0.29, 0.717) is 12.4 Å². The molecule has 1 N–H and O–H groups in total. The largest absolute Gasteiger partial charge is 0.454 e. The van der Waals surface area contributed by atoms with Crippen molar-refractivity contribution >= 4 is 34.4 Å². The summed E-state index contributed by atoms with van der Waals surface area (Å²) in [5, 5.41) is 2.78. The maximum Gasteiger partial charge on any atom is 0.407 e. The predicted octanol–water partition coefficient (Wildman–Crippen LogP) is 2.77. The molecule has 1 amide bonds. The Morgan fingerprint density at radius 3 is 2.67 bits per heavy atom. The lowest BCUT2D eigenvalue weighted by atomic mass is 10.0. The van der Waals surface area contributed by atoms with Crippen LogP contribution in [0.3, 0.4) is 0 Å². The van der Waals surface area contributed by atoms with Crippen LogP contribution in [0.1, 0.15) is 18.0 Å². The molecule has 98 valence electrons. The van der Waals surface area contributed by atoms with E-state index in [-0.39, 0.29) is 31.3 Å². The summed E-state index contributed by atoms with van der Waals surface area (Å²) < 4.78 is 16.3. The Balaban J connectivity index is 0.00000120. The highest BCUT2D eigenvalue weighted by atomic mass is 79.9. The third kappa shape index (κ3) is 2.35. The fourth-order valence-electron chi connectivity index (χ4n) is 1.96. The number of fused-ring (bicyclic) bond motifs is 1. The number of benzene rings is 1. The molecule has 5 nitrogen and oxygen atoms in total. The average Bonchev–Trinajstić information content (AvgIpc) is 2.75. The van der Waals surface area contributed by atoms with Gasteiger partial charge in [-0.25, -0.2) is 4.79 Å². The van der Waals surface area contributed by atoms with Crippen molar-refractivity contribution in [3.8, 4) is 11.5 Å². The van der Waals surface area contributed by atoms with Gasteiger partial charge < -0.3 is 19.5 Å². The predicted molar refractivity (Wildman–Crippen MR) is 69.4 cm³/mol. The molecule has 1 aromatic carbocycles. The molecule has 1 saturated heterocycles. The van der Waals surface area contributed by atoms with Crippen LogP contribution in [-0.4, -0.2) is 19.5 Å². The van der Waals surface area contributed by atoms with E-state index in [1.54, 1.807) is 0 Å². The van der Waals surface area contributed by atoms with Crippen LogP contribution in [0.15, 0.2) is 16.6 Å². The van der Waals surface area contributed by atoms with Gasteiger partial charge in [0.15, 0.2) is 11.5 Å². The van der Waals surface area contributed by atoms with Crippen molar-refractivity contribution in [3.05, 3.63) is 22.2 Å². The lowest BCUT2D eigenvalue weighted by Crippen LogP contribution is -2.35. The quantitative estimate of drug-likeness (QED) is 0.857. The fourth-order valence-corrected chi connectivity index (χ4v) is 2.56. The van der Waals surface area contributed by atoms with Crippen LogP contribution < -0.4 is 14.8 Å². The Morgan fingerprint density at radius 2 is 1.94 bits per heavy atom. The SMILES string of the molecule is Cl.O=C1N[C@@H](c2cc3c(cc2Br)OCO3)CCO1. The summed E-state index contributed by atoms with van der Waals surface area (Å²) in [4.78, 5) is 11.2. The summed E-state index contributed by atoms with van der Waals surface area (Å²) in [5.74, 6) is 1.43. The minimum Gasteiger partial charge on any atom is -0.454 e. The number of carbonyl (C=O) groups excluding carboxylic acids is 1. The molecular formula is C11H11BrClNO4. The lowest BCUT2D eigenvalue weighted by Gasteiger charge is -2.24. The van der Waals surface area contributed by atoms with Gasteiger partial charge in [-0.2, -0.15) is 0 Å². The average molecular weight is 337 g/mol. The van der Waals surface area contributed by atoms with Crippen LogP contribution in [0.2, 0.25) is 0 Å². The monoisotopic (exact) mass is 335 g/mol. The summed E-state index contributed by atoms with van der Waals surface area (Å²) >= 11 is 3.48. The summed E-state index contributed by atoms with van der Waals surface area (Å²) in [6, 6.07) is 3.70. The summed E-state index contributed by atoms with van der Waals surface area (Å²) in [5.41, 5.74) is 0.978. The first-order valence-corrected chi connectivity index (χ1v) is 6.05. The Morgan fingerprint density at radius 1 is 1.22 bits per heavy atom. The maximum atomic E-state index is 11.2.